The Morgan fingerprint density at radius 1 is 1.13 bits per heavy atom. The van der Waals surface area contributed by atoms with Crippen molar-refractivity contribution < 1.29 is 0 Å². The molecule has 2 aliphatic rings. The Hall–Kier alpha value is -1.60. The fourth-order valence-electron chi connectivity index (χ4n) is 3.93. The second-order valence-corrected chi connectivity index (χ2v) is 8.08. The molecular formula is C19H28N4. The minimum atomic E-state index is 0.432. The third kappa shape index (κ3) is 3.67. The van der Waals surface area contributed by atoms with Gasteiger partial charge in [0, 0.05) is 31.9 Å². The first-order chi connectivity index (χ1) is 11.0. The first kappa shape index (κ1) is 16.3. The van der Waals surface area contributed by atoms with Crippen LogP contribution in [-0.4, -0.2) is 42.1 Å². The number of pyridine rings is 1. The molecule has 1 unspecified atom stereocenters. The summed E-state index contributed by atoms with van der Waals surface area (Å²) in [5.41, 5.74) is 1.07. The Morgan fingerprint density at radius 2 is 1.87 bits per heavy atom. The lowest BCUT2D eigenvalue weighted by Gasteiger charge is -2.38. The maximum atomic E-state index is 8.86. The van der Waals surface area contributed by atoms with Gasteiger partial charge in [-0.1, -0.05) is 20.8 Å². The van der Waals surface area contributed by atoms with E-state index in [4.69, 9.17) is 5.26 Å². The van der Waals surface area contributed by atoms with Crippen molar-refractivity contribution in [2.24, 2.45) is 11.3 Å². The van der Waals surface area contributed by atoms with Gasteiger partial charge in [-0.05, 0) is 49.3 Å². The predicted octanol–water partition coefficient (Wildman–Crippen LogP) is 3.29. The summed E-state index contributed by atoms with van der Waals surface area (Å²) in [6.45, 7) is 11.8. The van der Waals surface area contributed by atoms with Crippen molar-refractivity contribution in [1.82, 2.24) is 9.88 Å². The lowest BCUT2D eigenvalue weighted by atomic mass is 9.80. The van der Waals surface area contributed by atoms with Crippen LogP contribution >= 0.6 is 0 Å². The molecule has 2 fully saturated rings. The van der Waals surface area contributed by atoms with E-state index in [9.17, 15) is 0 Å². The molecule has 1 aromatic heterocycles. The van der Waals surface area contributed by atoms with Crippen LogP contribution in [0.3, 0.4) is 0 Å². The number of nitriles is 1. The third-order valence-electron chi connectivity index (χ3n) is 5.63. The van der Waals surface area contributed by atoms with E-state index in [1.165, 1.54) is 32.4 Å². The van der Waals surface area contributed by atoms with Crippen molar-refractivity contribution in [3.05, 3.63) is 23.9 Å². The lowest BCUT2D eigenvalue weighted by molar-refractivity contribution is 0.174. The molecule has 0 amide bonds. The van der Waals surface area contributed by atoms with E-state index in [1.54, 1.807) is 6.20 Å². The molecule has 23 heavy (non-hydrogen) atoms. The van der Waals surface area contributed by atoms with Crippen LogP contribution in [0.5, 0.6) is 0 Å². The summed E-state index contributed by atoms with van der Waals surface area (Å²) in [5.74, 6) is 1.84. The van der Waals surface area contributed by atoms with Gasteiger partial charge in [-0.25, -0.2) is 4.98 Å². The molecule has 2 saturated heterocycles. The number of hydrogen-bond acceptors (Lipinski definition) is 4. The number of rotatable bonds is 2. The number of piperidine rings is 1. The van der Waals surface area contributed by atoms with Crippen molar-refractivity contribution in [2.45, 2.75) is 46.1 Å². The van der Waals surface area contributed by atoms with Gasteiger partial charge in [0.25, 0.3) is 0 Å². The molecule has 0 radical (unpaired) electrons. The summed E-state index contributed by atoms with van der Waals surface area (Å²) >= 11 is 0. The molecule has 1 atom stereocenters. The quantitative estimate of drug-likeness (QED) is 0.840. The Balaban J connectivity index is 1.53. The zero-order valence-corrected chi connectivity index (χ0v) is 14.6. The van der Waals surface area contributed by atoms with Crippen molar-refractivity contribution in [3.8, 4) is 6.07 Å². The normalized spacial score (nSPS) is 23.9. The monoisotopic (exact) mass is 312 g/mol. The molecule has 2 aliphatic heterocycles. The summed E-state index contributed by atoms with van der Waals surface area (Å²) in [6, 6.07) is 6.70. The van der Waals surface area contributed by atoms with E-state index in [1.807, 2.05) is 12.1 Å². The maximum absolute atomic E-state index is 8.86. The summed E-state index contributed by atoms with van der Waals surface area (Å²) in [5, 5.41) is 8.86. The zero-order chi connectivity index (χ0) is 16.4. The summed E-state index contributed by atoms with van der Waals surface area (Å²) in [7, 11) is 0. The van der Waals surface area contributed by atoms with Gasteiger partial charge < -0.3 is 4.90 Å². The van der Waals surface area contributed by atoms with Crippen LogP contribution < -0.4 is 4.90 Å². The highest BCUT2D eigenvalue weighted by Crippen LogP contribution is 2.35. The Labute approximate surface area is 140 Å². The van der Waals surface area contributed by atoms with Crippen LogP contribution in [0.2, 0.25) is 0 Å². The van der Waals surface area contributed by atoms with Gasteiger partial charge in [0.15, 0.2) is 0 Å². The molecule has 124 valence electrons. The summed E-state index contributed by atoms with van der Waals surface area (Å²) < 4.78 is 0. The first-order valence-corrected chi connectivity index (χ1v) is 8.82. The average Bonchev–Trinajstić information content (AvgIpc) is 3.05. The smallest absolute Gasteiger partial charge is 0.128 e. The van der Waals surface area contributed by atoms with Gasteiger partial charge in [-0.2, -0.15) is 5.26 Å². The number of nitrogens with zero attached hydrogens (tertiary/aromatic N) is 4. The van der Waals surface area contributed by atoms with E-state index < -0.39 is 0 Å². The molecule has 4 nitrogen and oxygen atoms in total. The van der Waals surface area contributed by atoms with E-state index in [-0.39, 0.29) is 0 Å². The van der Waals surface area contributed by atoms with Crippen molar-refractivity contribution >= 4 is 5.82 Å². The van der Waals surface area contributed by atoms with Gasteiger partial charge in [-0.3, -0.25) is 4.90 Å². The molecule has 3 heterocycles. The first-order valence-electron chi connectivity index (χ1n) is 8.82. The molecular weight excluding hydrogens is 284 g/mol. The van der Waals surface area contributed by atoms with Crippen LogP contribution in [0.25, 0.3) is 0 Å². The molecule has 0 spiro atoms. The van der Waals surface area contributed by atoms with Crippen molar-refractivity contribution in [3.63, 3.8) is 0 Å². The summed E-state index contributed by atoms with van der Waals surface area (Å²) in [6.07, 6.45) is 5.47. The highest BCUT2D eigenvalue weighted by molar-refractivity contribution is 5.42. The predicted molar refractivity (Wildman–Crippen MR) is 93.3 cm³/mol. The molecule has 0 aliphatic carbocycles. The van der Waals surface area contributed by atoms with Gasteiger partial charge in [0.1, 0.15) is 11.9 Å². The zero-order valence-electron chi connectivity index (χ0n) is 14.6. The second-order valence-electron chi connectivity index (χ2n) is 8.08. The maximum Gasteiger partial charge on any atom is 0.128 e. The number of likely N-dealkylation sites (tertiary alicyclic amines) is 1. The fourth-order valence-corrected chi connectivity index (χ4v) is 3.93. The molecule has 4 heteroatoms. The van der Waals surface area contributed by atoms with E-state index >= 15 is 0 Å². The van der Waals surface area contributed by atoms with Gasteiger partial charge in [-0.15, -0.1) is 0 Å². The SMILES string of the molecule is CC(C)(C)C1CCN(C2CCN(c3ccc(C#N)cn3)CC2)C1. The summed E-state index contributed by atoms with van der Waals surface area (Å²) in [4.78, 5) is 9.51. The molecule has 0 bridgehead atoms. The minimum absolute atomic E-state index is 0.432. The van der Waals surface area contributed by atoms with Crippen LogP contribution in [0.1, 0.15) is 45.6 Å². The van der Waals surface area contributed by atoms with E-state index in [0.717, 1.165) is 30.9 Å². The largest absolute Gasteiger partial charge is 0.357 e. The lowest BCUT2D eigenvalue weighted by Crippen LogP contribution is -2.44. The fraction of sp³-hybridized carbons (Fsp3) is 0.684. The van der Waals surface area contributed by atoms with Crippen molar-refractivity contribution in [1.29, 1.82) is 5.26 Å². The standard InChI is InChI=1S/C19H28N4/c1-19(2,3)16-6-9-23(14-16)17-7-10-22(11-8-17)18-5-4-15(12-20)13-21-18/h4-5,13,16-17H,6-11,14H2,1-3H3. The molecule has 0 saturated carbocycles. The number of aromatic nitrogens is 1. The molecule has 0 N–H and O–H groups in total. The molecule has 1 aromatic rings. The Bertz CT molecular complexity index is 559. The minimum Gasteiger partial charge on any atom is -0.357 e. The van der Waals surface area contributed by atoms with Crippen molar-refractivity contribution in [2.75, 3.05) is 31.1 Å². The topological polar surface area (TPSA) is 43.2 Å². The van der Waals surface area contributed by atoms with Gasteiger partial charge >= 0.3 is 0 Å². The number of anilines is 1. The second kappa shape index (κ2) is 6.49. The number of hydrogen-bond donors (Lipinski definition) is 0. The van der Waals surface area contributed by atoms with Crippen LogP contribution in [0.15, 0.2) is 18.3 Å². The van der Waals surface area contributed by atoms with Crippen LogP contribution in [-0.2, 0) is 0 Å². The third-order valence-corrected chi connectivity index (χ3v) is 5.63. The Kier molecular flexibility index (Phi) is 4.59. The van der Waals surface area contributed by atoms with Crippen LogP contribution in [0.4, 0.5) is 5.82 Å². The van der Waals surface area contributed by atoms with Gasteiger partial charge in [0.05, 0.1) is 5.56 Å². The highest BCUT2D eigenvalue weighted by atomic mass is 15.2. The average molecular weight is 312 g/mol. The van der Waals surface area contributed by atoms with E-state index in [2.05, 4.69) is 41.6 Å². The van der Waals surface area contributed by atoms with E-state index in [0.29, 0.717) is 11.0 Å². The van der Waals surface area contributed by atoms with Crippen LogP contribution in [0, 0.1) is 22.7 Å². The van der Waals surface area contributed by atoms with Gasteiger partial charge in [0.2, 0.25) is 0 Å². The highest BCUT2D eigenvalue weighted by Gasteiger charge is 2.35. The molecule has 0 aromatic carbocycles. The Morgan fingerprint density at radius 3 is 2.39 bits per heavy atom. The molecule has 3 rings (SSSR count).